The molecule has 1 N–H and O–H groups in total. The zero-order chi connectivity index (χ0) is 12.2. The molecule has 2 nitrogen and oxygen atoms in total. The molecule has 0 fully saturated rings. The molecule has 0 amide bonds. The highest BCUT2D eigenvalue weighted by Crippen LogP contribution is 2.10. The Labute approximate surface area is 97.6 Å². The zero-order valence-corrected chi connectivity index (χ0v) is 11.0. The summed E-state index contributed by atoms with van der Waals surface area (Å²) in [5.41, 5.74) is 2.44. The fourth-order valence-corrected chi connectivity index (χ4v) is 3.98. The van der Waals surface area contributed by atoms with Gasteiger partial charge in [-0.25, -0.2) is 0 Å². The van der Waals surface area contributed by atoms with Crippen molar-refractivity contribution in [3.8, 4) is 0 Å². The molecule has 1 aromatic carbocycles. The van der Waals surface area contributed by atoms with E-state index in [-0.39, 0.29) is 0 Å². The van der Waals surface area contributed by atoms with E-state index >= 15 is 0 Å². The van der Waals surface area contributed by atoms with Crippen LogP contribution in [0.15, 0.2) is 41.6 Å². The van der Waals surface area contributed by atoms with E-state index in [1.54, 1.807) is 6.92 Å². The summed E-state index contributed by atoms with van der Waals surface area (Å²) in [6.45, 7) is 5.94. The summed E-state index contributed by atoms with van der Waals surface area (Å²) in [6, 6.07) is 10.1. The van der Waals surface area contributed by atoms with E-state index in [1.807, 2.05) is 23.9 Å². The SMILES string of the molecule is CC(O)/C(C=O)=C\[Si](C)(C)c1ccccc1. The lowest BCUT2D eigenvalue weighted by atomic mass is 10.2. The average Bonchev–Trinajstić information content (AvgIpc) is 2.27. The maximum atomic E-state index is 10.8. The zero-order valence-electron chi connectivity index (χ0n) is 9.97. The van der Waals surface area contributed by atoms with Crippen molar-refractivity contribution in [2.24, 2.45) is 0 Å². The van der Waals surface area contributed by atoms with Crippen LogP contribution in [0.3, 0.4) is 0 Å². The Hall–Kier alpha value is -1.19. The van der Waals surface area contributed by atoms with Gasteiger partial charge in [-0.1, -0.05) is 54.3 Å². The van der Waals surface area contributed by atoms with E-state index < -0.39 is 14.2 Å². The van der Waals surface area contributed by atoms with Crippen molar-refractivity contribution in [2.45, 2.75) is 26.1 Å². The number of aldehydes is 1. The van der Waals surface area contributed by atoms with Gasteiger partial charge in [0.15, 0.2) is 0 Å². The molecule has 0 heterocycles. The van der Waals surface area contributed by atoms with E-state index in [4.69, 9.17) is 0 Å². The van der Waals surface area contributed by atoms with Crippen LogP contribution in [0.2, 0.25) is 13.1 Å². The van der Waals surface area contributed by atoms with Crippen molar-refractivity contribution in [1.29, 1.82) is 0 Å². The summed E-state index contributed by atoms with van der Waals surface area (Å²) in [5, 5.41) is 10.7. The van der Waals surface area contributed by atoms with Crippen molar-refractivity contribution in [1.82, 2.24) is 0 Å². The Bertz CT molecular complexity index is 380. The monoisotopic (exact) mass is 234 g/mol. The second kappa shape index (κ2) is 5.23. The molecule has 1 rings (SSSR count). The van der Waals surface area contributed by atoms with Gasteiger partial charge in [0.05, 0.1) is 6.10 Å². The molecule has 1 atom stereocenters. The van der Waals surface area contributed by atoms with Gasteiger partial charge in [-0.2, -0.15) is 0 Å². The van der Waals surface area contributed by atoms with Gasteiger partial charge in [0.2, 0.25) is 0 Å². The van der Waals surface area contributed by atoms with Crippen molar-refractivity contribution in [3.63, 3.8) is 0 Å². The number of hydrogen-bond donors (Lipinski definition) is 1. The molecule has 0 aliphatic heterocycles. The Balaban J connectivity index is 3.07. The van der Waals surface area contributed by atoms with Crippen molar-refractivity contribution < 1.29 is 9.90 Å². The van der Waals surface area contributed by atoms with E-state index in [9.17, 15) is 9.90 Å². The maximum Gasteiger partial charge on any atom is 0.147 e. The number of rotatable bonds is 4. The fraction of sp³-hybridized carbons (Fsp3) is 0.308. The van der Waals surface area contributed by atoms with Gasteiger partial charge in [-0.05, 0) is 6.92 Å². The van der Waals surface area contributed by atoms with Crippen LogP contribution >= 0.6 is 0 Å². The molecule has 0 spiro atoms. The van der Waals surface area contributed by atoms with Crippen LogP contribution in [-0.2, 0) is 4.79 Å². The third-order valence-corrected chi connectivity index (χ3v) is 5.54. The molecule has 0 aromatic heterocycles. The fourth-order valence-electron chi connectivity index (χ4n) is 1.62. The van der Waals surface area contributed by atoms with E-state index in [0.29, 0.717) is 5.57 Å². The van der Waals surface area contributed by atoms with Crippen LogP contribution in [0.25, 0.3) is 0 Å². The van der Waals surface area contributed by atoms with Crippen molar-refractivity contribution in [2.75, 3.05) is 0 Å². The molecule has 0 aliphatic carbocycles. The molecule has 3 heteroatoms. The Morgan fingerprint density at radius 3 is 2.31 bits per heavy atom. The highest BCUT2D eigenvalue weighted by molar-refractivity contribution is 6.94. The predicted molar refractivity (Wildman–Crippen MR) is 69.4 cm³/mol. The number of benzene rings is 1. The third-order valence-electron chi connectivity index (χ3n) is 2.66. The number of carbonyl (C=O) groups is 1. The molecule has 16 heavy (non-hydrogen) atoms. The second-order valence-corrected chi connectivity index (χ2v) is 8.84. The highest BCUT2D eigenvalue weighted by atomic mass is 28.3. The molecule has 86 valence electrons. The molecule has 0 bridgehead atoms. The number of aliphatic hydroxyl groups is 1. The van der Waals surface area contributed by atoms with Crippen LogP contribution in [0.1, 0.15) is 6.92 Å². The van der Waals surface area contributed by atoms with Gasteiger partial charge in [-0.3, -0.25) is 4.79 Å². The van der Waals surface area contributed by atoms with Gasteiger partial charge in [0, 0.05) is 5.57 Å². The first kappa shape index (κ1) is 12.9. The van der Waals surface area contributed by atoms with E-state index in [2.05, 4.69) is 25.2 Å². The lowest BCUT2D eigenvalue weighted by Gasteiger charge is -2.20. The minimum Gasteiger partial charge on any atom is -0.389 e. The topological polar surface area (TPSA) is 37.3 Å². The van der Waals surface area contributed by atoms with Gasteiger partial charge in [0.1, 0.15) is 14.4 Å². The smallest absolute Gasteiger partial charge is 0.147 e. The first-order valence-corrected chi connectivity index (χ1v) is 8.46. The third kappa shape index (κ3) is 3.15. The van der Waals surface area contributed by atoms with Gasteiger partial charge < -0.3 is 5.11 Å². The Kier molecular flexibility index (Phi) is 4.21. The summed E-state index contributed by atoms with van der Waals surface area (Å²) in [6.07, 6.45) is 0.0653. The summed E-state index contributed by atoms with van der Waals surface area (Å²) in [4.78, 5) is 10.8. The maximum absolute atomic E-state index is 10.8. The van der Waals surface area contributed by atoms with Crippen LogP contribution < -0.4 is 5.19 Å². The Morgan fingerprint density at radius 1 is 1.31 bits per heavy atom. The first-order chi connectivity index (χ1) is 7.47. The molecule has 0 radical (unpaired) electrons. The molecule has 0 saturated carbocycles. The van der Waals surface area contributed by atoms with Crippen LogP contribution in [0, 0.1) is 0 Å². The minimum absolute atomic E-state index is 0.487. The molecular weight excluding hydrogens is 216 g/mol. The lowest BCUT2D eigenvalue weighted by molar-refractivity contribution is -0.105. The average molecular weight is 234 g/mol. The highest BCUT2D eigenvalue weighted by Gasteiger charge is 2.22. The summed E-state index contributed by atoms with van der Waals surface area (Å²) in [5.74, 6) is 0. The largest absolute Gasteiger partial charge is 0.389 e. The quantitative estimate of drug-likeness (QED) is 0.488. The standard InChI is InChI=1S/C13H18O2Si/c1-11(15)12(9-14)10-16(2,3)13-7-5-4-6-8-13/h4-11,15H,1-3H3/b12-10-. The van der Waals surface area contributed by atoms with Crippen molar-refractivity contribution >= 4 is 19.5 Å². The summed E-state index contributed by atoms with van der Waals surface area (Å²) in [7, 11) is -1.78. The number of hydrogen-bond acceptors (Lipinski definition) is 2. The molecule has 0 aliphatic rings. The predicted octanol–water partition coefficient (Wildman–Crippen LogP) is 1.65. The lowest BCUT2D eigenvalue weighted by Crippen LogP contribution is -2.40. The number of carbonyl (C=O) groups excluding carboxylic acids is 1. The normalized spacial score (nSPS) is 14.6. The minimum atomic E-state index is -1.78. The van der Waals surface area contributed by atoms with Gasteiger partial charge in [-0.15, -0.1) is 0 Å². The van der Waals surface area contributed by atoms with E-state index in [1.165, 1.54) is 5.19 Å². The van der Waals surface area contributed by atoms with E-state index in [0.717, 1.165) is 6.29 Å². The summed E-state index contributed by atoms with van der Waals surface area (Å²) >= 11 is 0. The van der Waals surface area contributed by atoms with Crippen molar-refractivity contribution in [3.05, 3.63) is 41.6 Å². The number of aliphatic hydroxyl groups excluding tert-OH is 1. The molecule has 1 unspecified atom stereocenters. The Morgan fingerprint density at radius 2 is 1.88 bits per heavy atom. The summed E-state index contributed by atoms with van der Waals surface area (Å²) < 4.78 is 0. The first-order valence-electron chi connectivity index (χ1n) is 5.39. The second-order valence-electron chi connectivity index (χ2n) is 4.53. The molecule has 1 aromatic rings. The van der Waals surface area contributed by atoms with Gasteiger partial charge >= 0.3 is 0 Å². The van der Waals surface area contributed by atoms with Crippen LogP contribution in [0.5, 0.6) is 0 Å². The molecular formula is C13H18O2Si. The van der Waals surface area contributed by atoms with Crippen LogP contribution in [0.4, 0.5) is 0 Å². The molecule has 0 saturated heterocycles. The van der Waals surface area contributed by atoms with Gasteiger partial charge in [0.25, 0.3) is 0 Å². The van der Waals surface area contributed by atoms with Crippen LogP contribution in [-0.4, -0.2) is 25.6 Å².